The molecule has 4 heteroatoms. The molecule has 0 bridgehead atoms. The normalized spacial score (nSPS) is 11.6. The lowest BCUT2D eigenvalue weighted by Gasteiger charge is -2.16. The molecule has 0 unspecified atom stereocenters. The summed E-state index contributed by atoms with van der Waals surface area (Å²) in [7, 11) is 0. The molecule has 7 aromatic rings. The van der Waals surface area contributed by atoms with E-state index in [0.29, 0.717) is 0 Å². The van der Waals surface area contributed by atoms with Crippen LogP contribution in [-0.4, -0.2) is 9.97 Å². The molecule has 0 saturated carbocycles. The van der Waals surface area contributed by atoms with Gasteiger partial charge < -0.3 is 0 Å². The fraction of sp³-hybridized carbons (Fsp3) is 0. The first-order valence-corrected chi connectivity index (χ1v) is 13.5. The van der Waals surface area contributed by atoms with Gasteiger partial charge in [0, 0.05) is 37.9 Å². The van der Waals surface area contributed by atoms with Gasteiger partial charge in [-0.25, -0.2) is 0 Å². The number of rotatable bonds is 4. The highest BCUT2D eigenvalue weighted by Crippen LogP contribution is 2.47. The first kappa shape index (κ1) is 21.4. The molecule has 2 aromatic heterocycles. The van der Waals surface area contributed by atoms with Gasteiger partial charge in [-0.2, -0.15) is 0 Å². The van der Waals surface area contributed by atoms with Gasteiger partial charge in [0.1, 0.15) is 0 Å². The highest BCUT2D eigenvalue weighted by Gasteiger charge is 2.19. The van der Waals surface area contributed by atoms with E-state index < -0.39 is 0 Å². The SMILES string of the molecule is c1ccc2c(Sc3c4cccnc4c(Sc4cccc5ccccc45)c4ncccc34)cccc2c1. The van der Waals surface area contributed by atoms with Crippen LogP contribution in [0.15, 0.2) is 141 Å². The van der Waals surface area contributed by atoms with Crippen LogP contribution in [0.5, 0.6) is 0 Å². The molecule has 0 aliphatic rings. The highest BCUT2D eigenvalue weighted by molar-refractivity contribution is 8.00. The molecule has 170 valence electrons. The van der Waals surface area contributed by atoms with Crippen molar-refractivity contribution in [1.82, 2.24) is 9.97 Å². The number of hydrogen-bond donors (Lipinski definition) is 0. The van der Waals surface area contributed by atoms with Gasteiger partial charge in [-0.3, -0.25) is 9.97 Å². The summed E-state index contributed by atoms with van der Waals surface area (Å²) < 4.78 is 0. The maximum absolute atomic E-state index is 4.90. The lowest BCUT2D eigenvalue weighted by Crippen LogP contribution is -1.92. The van der Waals surface area contributed by atoms with E-state index in [1.54, 1.807) is 23.5 Å². The minimum atomic E-state index is 0.990. The Morgan fingerprint density at radius 3 is 1.39 bits per heavy atom. The standard InChI is InChI=1S/C32H20N2S2/c1-3-13-23-21(9-1)11-5-17-27(23)35-31-25-15-7-19-33-29(25)32(30-26(31)16-8-20-34-30)36-28-18-6-12-22-10-2-4-14-24(22)28/h1-20H. The zero-order chi connectivity index (χ0) is 23.9. The van der Waals surface area contributed by atoms with E-state index >= 15 is 0 Å². The topological polar surface area (TPSA) is 25.8 Å². The second kappa shape index (κ2) is 8.98. The molecule has 2 heterocycles. The fourth-order valence-electron chi connectivity index (χ4n) is 4.79. The van der Waals surface area contributed by atoms with E-state index in [0.717, 1.165) is 26.7 Å². The third-order valence-corrected chi connectivity index (χ3v) is 8.84. The van der Waals surface area contributed by atoms with Crippen molar-refractivity contribution < 1.29 is 0 Å². The summed E-state index contributed by atoms with van der Waals surface area (Å²) in [5, 5.41) is 7.29. The number of fused-ring (bicyclic) bond motifs is 4. The molecule has 0 amide bonds. The molecule has 0 fully saturated rings. The maximum atomic E-state index is 4.90. The van der Waals surface area contributed by atoms with Crippen molar-refractivity contribution in [2.24, 2.45) is 0 Å². The average Bonchev–Trinajstić information content (AvgIpc) is 2.95. The predicted molar refractivity (Wildman–Crippen MR) is 153 cm³/mol. The molecular weight excluding hydrogens is 477 g/mol. The summed E-state index contributed by atoms with van der Waals surface area (Å²) in [5.41, 5.74) is 1.98. The van der Waals surface area contributed by atoms with E-state index in [2.05, 4.69) is 97.1 Å². The Labute approximate surface area is 217 Å². The quantitative estimate of drug-likeness (QED) is 0.227. The van der Waals surface area contributed by atoms with E-state index in [9.17, 15) is 0 Å². The van der Waals surface area contributed by atoms with Gasteiger partial charge in [-0.1, -0.05) is 108 Å². The summed E-state index contributed by atoms with van der Waals surface area (Å²) in [6, 6.07) is 38.5. The number of hydrogen-bond acceptors (Lipinski definition) is 4. The second-order valence-corrected chi connectivity index (χ2v) is 10.7. The van der Waals surface area contributed by atoms with Crippen molar-refractivity contribution in [2.45, 2.75) is 19.6 Å². The van der Waals surface area contributed by atoms with Crippen LogP contribution in [0.3, 0.4) is 0 Å². The van der Waals surface area contributed by atoms with Crippen molar-refractivity contribution in [1.29, 1.82) is 0 Å². The van der Waals surface area contributed by atoms with Crippen LogP contribution < -0.4 is 0 Å². The Hall–Kier alpha value is -3.86. The smallest absolute Gasteiger partial charge is 0.0875 e. The van der Waals surface area contributed by atoms with E-state index in [4.69, 9.17) is 9.97 Å². The van der Waals surface area contributed by atoms with Crippen molar-refractivity contribution in [2.75, 3.05) is 0 Å². The molecular formula is C32H20N2S2. The molecule has 0 atom stereocenters. The van der Waals surface area contributed by atoms with Gasteiger partial charge in [0.15, 0.2) is 0 Å². The molecule has 0 spiro atoms. The third kappa shape index (κ3) is 3.62. The Balaban J connectivity index is 1.47. The van der Waals surface area contributed by atoms with E-state index in [-0.39, 0.29) is 0 Å². The second-order valence-electron chi connectivity index (χ2n) is 8.62. The minimum Gasteiger partial charge on any atom is -0.255 e. The summed E-state index contributed by atoms with van der Waals surface area (Å²) in [6.45, 7) is 0. The Kier molecular flexibility index (Phi) is 5.34. The zero-order valence-electron chi connectivity index (χ0n) is 19.3. The van der Waals surface area contributed by atoms with Gasteiger partial charge in [0.2, 0.25) is 0 Å². The van der Waals surface area contributed by atoms with E-state index in [1.165, 1.54) is 36.2 Å². The van der Waals surface area contributed by atoms with Gasteiger partial charge in [-0.15, -0.1) is 0 Å². The highest BCUT2D eigenvalue weighted by atomic mass is 32.2. The average molecular weight is 497 g/mol. The van der Waals surface area contributed by atoms with Crippen LogP contribution in [0.25, 0.3) is 43.4 Å². The largest absolute Gasteiger partial charge is 0.255 e. The predicted octanol–water partition coefficient (Wildman–Crippen LogP) is 9.39. The molecule has 5 aromatic carbocycles. The Morgan fingerprint density at radius 1 is 0.389 bits per heavy atom. The molecule has 0 aliphatic heterocycles. The Bertz CT molecular complexity index is 1710. The zero-order valence-corrected chi connectivity index (χ0v) is 20.9. The molecule has 0 radical (unpaired) electrons. The maximum Gasteiger partial charge on any atom is 0.0875 e. The summed E-state index contributed by atoms with van der Waals surface area (Å²) in [6.07, 6.45) is 3.77. The molecule has 36 heavy (non-hydrogen) atoms. The lowest BCUT2D eigenvalue weighted by atomic mass is 10.1. The first-order chi connectivity index (χ1) is 17.9. The summed E-state index contributed by atoms with van der Waals surface area (Å²) in [5.74, 6) is 0. The van der Waals surface area contributed by atoms with Crippen molar-refractivity contribution >= 4 is 66.9 Å². The molecule has 0 aliphatic carbocycles. The Morgan fingerprint density at radius 2 is 0.833 bits per heavy atom. The number of aromatic nitrogens is 2. The first-order valence-electron chi connectivity index (χ1n) is 11.8. The van der Waals surface area contributed by atoms with Gasteiger partial charge in [0.25, 0.3) is 0 Å². The molecule has 2 nitrogen and oxygen atoms in total. The van der Waals surface area contributed by atoms with Gasteiger partial charge in [0.05, 0.1) is 15.9 Å². The molecule has 0 N–H and O–H groups in total. The molecule has 0 saturated heterocycles. The number of nitrogens with zero attached hydrogens (tertiary/aromatic N) is 2. The van der Waals surface area contributed by atoms with Crippen LogP contribution in [0.2, 0.25) is 0 Å². The van der Waals surface area contributed by atoms with Crippen LogP contribution in [0.4, 0.5) is 0 Å². The van der Waals surface area contributed by atoms with Crippen LogP contribution in [0, 0.1) is 0 Å². The summed E-state index contributed by atoms with van der Waals surface area (Å²) in [4.78, 5) is 14.5. The summed E-state index contributed by atoms with van der Waals surface area (Å²) >= 11 is 3.56. The monoisotopic (exact) mass is 496 g/mol. The van der Waals surface area contributed by atoms with E-state index in [1.807, 2.05) is 24.5 Å². The van der Waals surface area contributed by atoms with Crippen LogP contribution in [-0.2, 0) is 0 Å². The van der Waals surface area contributed by atoms with Crippen molar-refractivity contribution in [3.8, 4) is 0 Å². The van der Waals surface area contributed by atoms with Crippen LogP contribution in [0.1, 0.15) is 0 Å². The van der Waals surface area contributed by atoms with Gasteiger partial charge >= 0.3 is 0 Å². The minimum absolute atomic E-state index is 0.990. The lowest BCUT2D eigenvalue weighted by molar-refractivity contribution is 1.30. The van der Waals surface area contributed by atoms with Crippen LogP contribution >= 0.6 is 23.5 Å². The number of pyridine rings is 2. The third-order valence-electron chi connectivity index (χ3n) is 6.46. The molecule has 7 rings (SSSR count). The van der Waals surface area contributed by atoms with Crippen molar-refractivity contribution in [3.05, 3.63) is 122 Å². The van der Waals surface area contributed by atoms with Crippen molar-refractivity contribution in [3.63, 3.8) is 0 Å². The van der Waals surface area contributed by atoms with Gasteiger partial charge in [-0.05, 0) is 45.8 Å². The number of benzene rings is 5. The fourth-order valence-corrected chi connectivity index (χ4v) is 7.18.